The Bertz CT molecular complexity index is 914. The largest absolute Gasteiger partial charge is 0.420 e. The Labute approximate surface area is 166 Å². The summed E-state index contributed by atoms with van der Waals surface area (Å²) in [5, 5.41) is 25.3. The lowest BCUT2D eigenvalue weighted by atomic mass is 9.85. The molecule has 1 saturated carbocycles. The van der Waals surface area contributed by atoms with Crippen LogP contribution in [0.4, 0.5) is 4.79 Å². The third-order valence-corrected chi connectivity index (χ3v) is 6.59. The number of hydrogen-bond donors (Lipinski definition) is 4. The van der Waals surface area contributed by atoms with E-state index in [0.29, 0.717) is 12.5 Å². The van der Waals surface area contributed by atoms with E-state index in [4.69, 9.17) is 8.97 Å². The molecule has 4 aliphatic rings. The number of hydrogen-bond acceptors (Lipinski definition) is 10. The number of fused-ring (bicyclic) bond motifs is 3. The van der Waals surface area contributed by atoms with E-state index in [-0.39, 0.29) is 30.3 Å². The van der Waals surface area contributed by atoms with Crippen molar-refractivity contribution in [2.75, 3.05) is 26.2 Å². The number of carbonyl (C=O) groups excluding carboxylic acids is 1. The predicted octanol–water partition coefficient (Wildman–Crippen LogP) is -1.27. The molecule has 3 atom stereocenters. The predicted molar refractivity (Wildman–Crippen MR) is 93.3 cm³/mol. The van der Waals surface area contributed by atoms with Crippen LogP contribution in [0.15, 0.2) is 4.42 Å². The molecule has 0 radical (unpaired) electrons. The third-order valence-electron chi connectivity index (χ3n) is 6.24. The average molecular weight is 430 g/mol. The smallest absolute Gasteiger partial charge is 0.418 e. The van der Waals surface area contributed by atoms with Crippen LogP contribution in [0, 0.1) is 5.41 Å². The molecule has 2 amide bonds. The summed E-state index contributed by atoms with van der Waals surface area (Å²) in [6, 6.07) is -1.40. The number of nitrogens with zero attached hydrogens (tertiary/aromatic N) is 4. The maximum atomic E-state index is 12.7. The van der Waals surface area contributed by atoms with Crippen molar-refractivity contribution in [1.29, 1.82) is 0 Å². The lowest BCUT2D eigenvalue weighted by molar-refractivity contribution is -0.0530. The van der Waals surface area contributed by atoms with Gasteiger partial charge in [-0.3, -0.25) is 4.55 Å². The highest BCUT2D eigenvalue weighted by Gasteiger charge is 2.65. The van der Waals surface area contributed by atoms with Crippen LogP contribution in [0.25, 0.3) is 0 Å². The highest BCUT2D eigenvalue weighted by molar-refractivity contribution is 7.80. The normalized spacial score (nSPS) is 29.4. The summed E-state index contributed by atoms with van der Waals surface area (Å²) in [6.45, 7) is 2.18. The minimum Gasteiger partial charge on any atom is -0.420 e. The van der Waals surface area contributed by atoms with Crippen LogP contribution in [0.2, 0.25) is 0 Å². The first-order chi connectivity index (χ1) is 13.8. The first kappa shape index (κ1) is 19.1. The number of amides is 2. The van der Waals surface area contributed by atoms with Crippen LogP contribution in [0.5, 0.6) is 0 Å². The molecular weight excluding hydrogens is 408 g/mol. The van der Waals surface area contributed by atoms with Gasteiger partial charge in [-0.1, -0.05) is 0 Å². The quantitative estimate of drug-likeness (QED) is 0.380. The molecule has 0 aromatic carbocycles. The summed E-state index contributed by atoms with van der Waals surface area (Å²) < 4.78 is 41.6. The molecule has 160 valence electrons. The third kappa shape index (κ3) is 3.39. The number of rotatable bonds is 7. The van der Waals surface area contributed by atoms with E-state index in [2.05, 4.69) is 25.1 Å². The van der Waals surface area contributed by atoms with Gasteiger partial charge in [-0.15, -0.1) is 14.5 Å². The van der Waals surface area contributed by atoms with Crippen molar-refractivity contribution in [2.24, 2.45) is 5.41 Å². The van der Waals surface area contributed by atoms with Crippen LogP contribution in [0.3, 0.4) is 0 Å². The summed E-state index contributed by atoms with van der Waals surface area (Å²) in [7, 11) is -4.82. The Hall–Kier alpha value is -1.84. The number of hydroxylamine groups is 2. The van der Waals surface area contributed by atoms with Crippen LogP contribution in [-0.4, -0.2) is 82.5 Å². The first-order valence-electron chi connectivity index (χ1n) is 9.48. The van der Waals surface area contributed by atoms with Crippen LogP contribution in [0.1, 0.15) is 43.2 Å². The topological polar surface area (TPSA) is 170 Å². The maximum absolute atomic E-state index is 12.7. The molecule has 1 unspecified atom stereocenters. The molecule has 1 aromatic heterocycles. The van der Waals surface area contributed by atoms with E-state index in [0.717, 1.165) is 31.0 Å². The summed E-state index contributed by atoms with van der Waals surface area (Å²) >= 11 is 0. The zero-order valence-corrected chi connectivity index (χ0v) is 16.2. The number of carbonyl (C=O) groups is 1. The Morgan fingerprint density at radius 2 is 2.14 bits per heavy atom. The Morgan fingerprint density at radius 3 is 2.76 bits per heavy atom. The summed E-state index contributed by atoms with van der Waals surface area (Å²) in [4.78, 5) is 14.1. The lowest BCUT2D eigenvalue weighted by Gasteiger charge is -2.34. The van der Waals surface area contributed by atoms with Crippen molar-refractivity contribution in [2.45, 2.75) is 43.5 Å². The highest BCUT2D eigenvalue weighted by atomic mass is 32.3. The minimum atomic E-state index is -4.82. The zero-order chi connectivity index (χ0) is 20.4. The monoisotopic (exact) mass is 430 g/mol. The van der Waals surface area contributed by atoms with Crippen LogP contribution in [-0.2, 0) is 14.7 Å². The molecule has 14 heteroatoms. The van der Waals surface area contributed by atoms with Gasteiger partial charge >= 0.3 is 16.4 Å². The number of urea groups is 1. The van der Waals surface area contributed by atoms with Crippen molar-refractivity contribution >= 4 is 16.4 Å². The molecule has 1 aliphatic carbocycles. The van der Waals surface area contributed by atoms with Gasteiger partial charge in [0.05, 0.1) is 6.04 Å². The van der Waals surface area contributed by atoms with Gasteiger partial charge in [-0.2, -0.15) is 13.5 Å². The van der Waals surface area contributed by atoms with E-state index in [1.165, 1.54) is 4.90 Å². The van der Waals surface area contributed by atoms with Crippen molar-refractivity contribution in [3.05, 3.63) is 11.8 Å². The van der Waals surface area contributed by atoms with Crippen molar-refractivity contribution in [3.63, 3.8) is 0 Å². The number of piperidine rings is 1. The number of aliphatic hydroxyl groups excluding tert-OH is 1. The van der Waals surface area contributed by atoms with Gasteiger partial charge in [0.25, 0.3) is 0 Å². The SMILES string of the molecule is O=C1N2C[C@H](N1OS(=O)(=O)O)C1(CC1)C[C@H]2c1nnc(C(O)CNC2CNC2)o1. The number of nitrogens with one attached hydrogen (secondary N) is 2. The van der Waals surface area contributed by atoms with E-state index in [1.54, 1.807) is 0 Å². The second-order valence-electron chi connectivity index (χ2n) is 8.12. The van der Waals surface area contributed by atoms with Gasteiger partial charge in [0.15, 0.2) is 0 Å². The Morgan fingerprint density at radius 1 is 1.38 bits per heavy atom. The highest BCUT2D eigenvalue weighted by Crippen LogP contribution is 2.61. The summed E-state index contributed by atoms with van der Waals surface area (Å²) in [6.07, 6.45) is 1.13. The lowest BCUT2D eigenvalue weighted by Crippen LogP contribution is -2.56. The molecule has 4 fully saturated rings. The summed E-state index contributed by atoms with van der Waals surface area (Å²) in [5.41, 5.74) is -0.315. The molecule has 3 saturated heterocycles. The molecule has 4 heterocycles. The fraction of sp³-hybridized carbons (Fsp3) is 0.800. The molecule has 5 rings (SSSR count). The Kier molecular flexibility index (Phi) is 4.34. The second kappa shape index (κ2) is 6.58. The van der Waals surface area contributed by atoms with Crippen LogP contribution < -0.4 is 10.6 Å². The van der Waals surface area contributed by atoms with Gasteiger partial charge in [0.1, 0.15) is 12.1 Å². The van der Waals surface area contributed by atoms with Crippen molar-refractivity contribution in [3.8, 4) is 0 Å². The van der Waals surface area contributed by atoms with E-state index >= 15 is 0 Å². The molecule has 29 heavy (non-hydrogen) atoms. The maximum Gasteiger partial charge on any atom is 0.418 e. The number of aliphatic hydroxyl groups is 1. The van der Waals surface area contributed by atoms with E-state index in [9.17, 15) is 18.3 Å². The fourth-order valence-corrected chi connectivity index (χ4v) is 4.72. The molecule has 3 aliphatic heterocycles. The zero-order valence-electron chi connectivity index (χ0n) is 15.4. The van der Waals surface area contributed by atoms with Gasteiger partial charge in [-0.25, -0.2) is 4.79 Å². The molecule has 1 aromatic rings. The van der Waals surface area contributed by atoms with Gasteiger partial charge in [0, 0.05) is 32.2 Å². The first-order valence-corrected chi connectivity index (χ1v) is 10.8. The molecule has 2 bridgehead atoms. The average Bonchev–Trinajstić information content (AvgIpc) is 3.10. The Balaban J connectivity index is 1.33. The van der Waals surface area contributed by atoms with E-state index < -0.39 is 34.6 Å². The van der Waals surface area contributed by atoms with Crippen molar-refractivity contribution in [1.82, 2.24) is 30.8 Å². The molecular formula is C15H22N6O7S. The minimum absolute atomic E-state index is 0.0597. The second-order valence-corrected chi connectivity index (χ2v) is 9.12. The van der Waals surface area contributed by atoms with Crippen LogP contribution >= 0.6 is 0 Å². The van der Waals surface area contributed by atoms with Gasteiger partial charge in [0.2, 0.25) is 11.8 Å². The molecule has 13 nitrogen and oxygen atoms in total. The molecule has 1 spiro atoms. The number of aromatic nitrogens is 2. The van der Waals surface area contributed by atoms with Gasteiger partial charge < -0.3 is 25.1 Å². The van der Waals surface area contributed by atoms with Crippen molar-refractivity contribution < 1.29 is 31.6 Å². The molecule has 4 N–H and O–H groups in total. The fourth-order valence-electron chi connectivity index (χ4n) is 4.35. The standard InChI is InChI=1S/C15H22N6O7S/c22-10(6-17-8-4-16-5-8)13-19-18-12(27-13)9-3-15(1-2-15)11-7-20(9)14(23)21(11)28-29(24,25)26/h8-11,16-17,22H,1-7H2,(H,24,25,26)/t9-,10?,11-/m0/s1. The van der Waals surface area contributed by atoms with Gasteiger partial charge in [-0.05, 0) is 24.7 Å². The van der Waals surface area contributed by atoms with E-state index in [1.807, 2.05) is 0 Å². The summed E-state index contributed by atoms with van der Waals surface area (Å²) in [5.74, 6) is 0.251.